The Labute approximate surface area is 158 Å². The Morgan fingerprint density at radius 2 is 1.96 bits per heavy atom. The number of hydrogen-bond acceptors (Lipinski definition) is 4. The van der Waals surface area contributed by atoms with E-state index in [1.54, 1.807) is 16.2 Å². The van der Waals surface area contributed by atoms with Crippen LogP contribution in [-0.4, -0.2) is 35.9 Å². The van der Waals surface area contributed by atoms with Gasteiger partial charge < -0.3 is 9.80 Å². The van der Waals surface area contributed by atoms with E-state index in [4.69, 9.17) is 0 Å². The summed E-state index contributed by atoms with van der Waals surface area (Å²) < 4.78 is 1.16. The molecule has 0 atom stereocenters. The molecule has 2 aromatic carbocycles. The number of thiazole rings is 1. The van der Waals surface area contributed by atoms with Crippen molar-refractivity contribution in [2.75, 3.05) is 25.0 Å². The van der Waals surface area contributed by atoms with Crippen molar-refractivity contribution in [2.45, 2.75) is 26.3 Å². The summed E-state index contributed by atoms with van der Waals surface area (Å²) in [5.74, 6) is 0.0647. The second-order valence-corrected chi connectivity index (χ2v) is 8.07. The fourth-order valence-corrected chi connectivity index (χ4v) is 4.54. The maximum absolute atomic E-state index is 13.2. The summed E-state index contributed by atoms with van der Waals surface area (Å²) in [5.41, 5.74) is 3.98. The number of anilines is 1. The van der Waals surface area contributed by atoms with Crippen molar-refractivity contribution in [3.63, 3.8) is 0 Å². The van der Waals surface area contributed by atoms with E-state index in [1.165, 1.54) is 12.8 Å². The summed E-state index contributed by atoms with van der Waals surface area (Å²) in [6, 6.07) is 14.3. The van der Waals surface area contributed by atoms with Gasteiger partial charge in [-0.1, -0.05) is 23.8 Å². The molecule has 4 nitrogen and oxygen atoms in total. The standard InChI is InChI=1S/C21H23N3OS/c1-15-9-10-18(24-11-5-6-12-24)16(13-15)21(25)23(2)14-20-22-17-7-3-4-8-19(17)26-20/h3-4,7-10,13H,5-6,11-12,14H2,1-2H3. The Balaban J connectivity index is 1.59. The van der Waals surface area contributed by atoms with E-state index in [1.807, 2.05) is 38.2 Å². The lowest BCUT2D eigenvalue weighted by atomic mass is 10.1. The molecule has 0 spiro atoms. The van der Waals surface area contributed by atoms with Gasteiger partial charge in [0.2, 0.25) is 0 Å². The van der Waals surface area contributed by atoms with Crippen molar-refractivity contribution < 1.29 is 4.79 Å². The molecule has 0 bridgehead atoms. The SMILES string of the molecule is Cc1ccc(N2CCCC2)c(C(=O)N(C)Cc2nc3ccccc3s2)c1. The summed E-state index contributed by atoms with van der Waals surface area (Å²) >= 11 is 1.66. The average Bonchev–Trinajstić information content (AvgIpc) is 3.30. The Hall–Kier alpha value is -2.40. The number of hydrogen-bond donors (Lipinski definition) is 0. The minimum Gasteiger partial charge on any atom is -0.371 e. The molecular weight excluding hydrogens is 342 g/mol. The van der Waals surface area contributed by atoms with Gasteiger partial charge in [-0.3, -0.25) is 4.79 Å². The van der Waals surface area contributed by atoms with Crippen LogP contribution in [0.5, 0.6) is 0 Å². The van der Waals surface area contributed by atoms with Gasteiger partial charge in [-0.15, -0.1) is 11.3 Å². The maximum Gasteiger partial charge on any atom is 0.256 e. The second kappa shape index (κ2) is 7.08. The third-order valence-corrected chi connectivity index (χ3v) is 5.91. The van der Waals surface area contributed by atoms with E-state index in [0.717, 1.165) is 45.1 Å². The van der Waals surface area contributed by atoms with Crippen LogP contribution in [0.25, 0.3) is 10.2 Å². The average molecular weight is 366 g/mol. The molecule has 0 radical (unpaired) electrons. The van der Waals surface area contributed by atoms with Crippen LogP contribution in [0.3, 0.4) is 0 Å². The summed E-state index contributed by atoms with van der Waals surface area (Å²) in [7, 11) is 1.87. The molecule has 4 rings (SSSR count). The molecule has 1 amide bonds. The second-order valence-electron chi connectivity index (χ2n) is 6.95. The first-order chi connectivity index (χ1) is 12.6. The van der Waals surface area contributed by atoms with E-state index < -0.39 is 0 Å². The number of benzene rings is 2. The van der Waals surface area contributed by atoms with E-state index in [0.29, 0.717) is 6.54 Å². The third kappa shape index (κ3) is 3.31. The number of fused-ring (bicyclic) bond motifs is 1. The van der Waals surface area contributed by atoms with Crippen molar-refractivity contribution in [1.29, 1.82) is 0 Å². The Kier molecular flexibility index (Phi) is 4.64. The van der Waals surface area contributed by atoms with Crippen molar-refractivity contribution in [2.24, 2.45) is 0 Å². The fourth-order valence-electron chi connectivity index (χ4n) is 3.52. The number of para-hydroxylation sites is 1. The van der Waals surface area contributed by atoms with Gasteiger partial charge in [0.15, 0.2) is 0 Å². The Bertz CT molecular complexity index is 910. The molecular formula is C21H23N3OS. The van der Waals surface area contributed by atoms with Crippen LogP contribution in [-0.2, 0) is 6.54 Å². The molecule has 5 heteroatoms. The normalized spacial score (nSPS) is 14.2. The molecule has 0 N–H and O–H groups in total. The summed E-state index contributed by atoms with van der Waals surface area (Å²) in [6.45, 7) is 4.64. The lowest BCUT2D eigenvalue weighted by Gasteiger charge is -2.24. The largest absolute Gasteiger partial charge is 0.371 e. The summed E-state index contributed by atoms with van der Waals surface area (Å²) in [5, 5.41) is 0.970. The lowest BCUT2D eigenvalue weighted by molar-refractivity contribution is 0.0785. The molecule has 1 fully saturated rings. The van der Waals surface area contributed by atoms with E-state index in [2.05, 4.69) is 28.1 Å². The first-order valence-electron chi connectivity index (χ1n) is 9.07. The highest BCUT2D eigenvalue weighted by Crippen LogP contribution is 2.28. The van der Waals surface area contributed by atoms with Crippen LogP contribution in [0.15, 0.2) is 42.5 Å². The van der Waals surface area contributed by atoms with Gasteiger partial charge in [-0.25, -0.2) is 4.98 Å². The van der Waals surface area contributed by atoms with Crippen molar-refractivity contribution in [3.05, 3.63) is 58.6 Å². The number of amides is 1. The molecule has 26 heavy (non-hydrogen) atoms. The van der Waals surface area contributed by atoms with Gasteiger partial charge in [-0.05, 0) is 44.0 Å². The summed E-state index contributed by atoms with van der Waals surface area (Å²) in [6.07, 6.45) is 2.39. The zero-order valence-electron chi connectivity index (χ0n) is 15.2. The van der Waals surface area contributed by atoms with Gasteiger partial charge in [-0.2, -0.15) is 0 Å². The van der Waals surface area contributed by atoms with Crippen LogP contribution in [0, 0.1) is 6.92 Å². The Morgan fingerprint density at radius 1 is 1.19 bits per heavy atom. The van der Waals surface area contributed by atoms with Gasteiger partial charge in [0.05, 0.1) is 22.3 Å². The van der Waals surface area contributed by atoms with Crippen LogP contribution in [0.1, 0.15) is 33.8 Å². The fraction of sp³-hybridized carbons (Fsp3) is 0.333. The predicted octanol–water partition coefficient (Wildman–Crippen LogP) is 4.48. The monoisotopic (exact) mass is 365 g/mol. The van der Waals surface area contributed by atoms with Crippen molar-refractivity contribution in [1.82, 2.24) is 9.88 Å². The number of rotatable bonds is 4. The summed E-state index contributed by atoms with van der Waals surface area (Å²) in [4.78, 5) is 21.9. The van der Waals surface area contributed by atoms with E-state index in [-0.39, 0.29) is 5.91 Å². The molecule has 0 aliphatic carbocycles. The molecule has 1 aliphatic heterocycles. The first kappa shape index (κ1) is 17.0. The lowest BCUT2D eigenvalue weighted by Crippen LogP contribution is -2.29. The Morgan fingerprint density at radius 3 is 2.73 bits per heavy atom. The predicted molar refractivity (Wildman–Crippen MR) is 108 cm³/mol. The minimum absolute atomic E-state index is 0.0647. The zero-order valence-corrected chi connectivity index (χ0v) is 16.1. The van der Waals surface area contributed by atoms with Crippen LogP contribution < -0.4 is 4.90 Å². The number of aromatic nitrogens is 1. The van der Waals surface area contributed by atoms with Gasteiger partial charge in [0.25, 0.3) is 5.91 Å². The molecule has 1 aliphatic rings. The minimum atomic E-state index is 0.0647. The van der Waals surface area contributed by atoms with Gasteiger partial charge in [0.1, 0.15) is 5.01 Å². The highest BCUT2D eigenvalue weighted by atomic mass is 32.1. The third-order valence-electron chi connectivity index (χ3n) is 4.89. The molecule has 134 valence electrons. The first-order valence-corrected chi connectivity index (χ1v) is 9.89. The smallest absolute Gasteiger partial charge is 0.256 e. The van der Waals surface area contributed by atoms with Crippen LogP contribution >= 0.6 is 11.3 Å². The molecule has 3 aromatic rings. The van der Waals surface area contributed by atoms with Gasteiger partial charge in [0, 0.05) is 25.8 Å². The number of nitrogens with zero attached hydrogens (tertiary/aromatic N) is 3. The topological polar surface area (TPSA) is 36.4 Å². The maximum atomic E-state index is 13.2. The zero-order chi connectivity index (χ0) is 18.1. The van der Waals surface area contributed by atoms with E-state index in [9.17, 15) is 4.79 Å². The van der Waals surface area contributed by atoms with Crippen LogP contribution in [0.4, 0.5) is 5.69 Å². The molecule has 2 heterocycles. The van der Waals surface area contributed by atoms with Crippen LogP contribution in [0.2, 0.25) is 0 Å². The molecule has 0 unspecified atom stereocenters. The molecule has 0 saturated carbocycles. The highest BCUT2D eigenvalue weighted by molar-refractivity contribution is 7.18. The number of carbonyl (C=O) groups excluding carboxylic acids is 1. The van der Waals surface area contributed by atoms with E-state index >= 15 is 0 Å². The molecule has 1 saturated heterocycles. The number of carbonyl (C=O) groups is 1. The van der Waals surface area contributed by atoms with Gasteiger partial charge >= 0.3 is 0 Å². The molecule has 1 aromatic heterocycles. The highest BCUT2D eigenvalue weighted by Gasteiger charge is 2.22. The quantitative estimate of drug-likeness (QED) is 0.684. The number of aryl methyl sites for hydroxylation is 1. The van der Waals surface area contributed by atoms with Crippen molar-refractivity contribution in [3.8, 4) is 0 Å². The van der Waals surface area contributed by atoms with Crippen molar-refractivity contribution >= 4 is 33.1 Å².